The van der Waals surface area contributed by atoms with E-state index in [2.05, 4.69) is 9.97 Å². The number of hydrogen-bond donors (Lipinski definition) is 2. The predicted molar refractivity (Wildman–Crippen MR) is 119 cm³/mol. The van der Waals surface area contributed by atoms with Gasteiger partial charge in [-0.3, -0.25) is 4.79 Å². The topological polar surface area (TPSA) is 75.2 Å². The number of rotatable bonds is 4. The lowest BCUT2D eigenvalue weighted by Crippen LogP contribution is -2.10. The van der Waals surface area contributed by atoms with Crippen molar-refractivity contribution in [2.45, 2.75) is 6.92 Å². The number of aromatic amines is 1. The Morgan fingerprint density at radius 2 is 2.00 bits per heavy atom. The maximum atomic E-state index is 12.8. The molecule has 0 aliphatic heterocycles. The molecule has 0 spiro atoms. The van der Waals surface area contributed by atoms with Crippen molar-refractivity contribution in [1.29, 1.82) is 0 Å². The van der Waals surface area contributed by atoms with Crippen LogP contribution in [0.25, 0.3) is 32.5 Å². The van der Waals surface area contributed by atoms with Gasteiger partial charge in [-0.25, -0.2) is 4.98 Å². The van der Waals surface area contributed by atoms with E-state index in [1.165, 1.54) is 24.5 Å². The highest BCUT2D eigenvalue weighted by Crippen LogP contribution is 2.32. The number of aromatic hydroxyl groups is 1. The molecule has 4 aromatic rings. The van der Waals surface area contributed by atoms with E-state index in [0.29, 0.717) is 21.5 Å². The van der Waals surface area contributed by atoms with Crippen molar-refractivity contribution < 1.29 is 9.84 Å². The zero-order valence-electron chi connectivity index (χ0n) is 15.7. The second kappa shape index (κ2) is 7.73. The van der Waals surface area contributed by atoms with Crippen LogP contribution in [-0.4, -0.2) is 22.2 Å². The third-order valence-corrected chi connectivity index (χ3v) is 5.69. The van der Waals surface area contributed by atoms with Crippen LogP contribution in [0.4, 0.5) is 0 Å². The van der Waals surface area contributed by atoms with Crippen molar-refractivity contribution in [1.82, 2.24) is 9.97 Å². The molecule has 146 valence electrons. The molecule has 2 aromatic heterocycles. The number of benzene rings is 2. The van der Waals surface area contributed by atoms with Gasteiger partial charge in [0.15, 0.2) is 17.3 Å². The standard InChI is InChI=1S/C22H17ClN2O3S/c1-12-3-6-14(7-4-12)15-11-29-22-19(15)21(27)24-20(25-22)16(23)9-13-5-8-18(28-2)17(26)10-13/h3-11,26H,1-2H3,(H,24,25,27)/b16-9-. The molecule has 7 heteroatoms. The molecule has 0 aliphatic carbocycles. The largest absolute Gasteiger partial charge is 0.504 e. The summed E-state index contributed by atoms with van der Waals surface area (Å²) in [5, 5.41) is 12.7. The second-order valence-electron chi connectivity index (χ2n) is 6.53. The molecular formula is C22H17ClN2O3S. The Labute approximate surface area is 175 Å². The van der Waals surface area contributed by atoms with E-state index in [0.717, 1.165) is 16.7 Å². The first-order chi connectivity index (χ1) is 14.0. The number of H-pyrrole nitrogens is 1. The van der Waals surface area contributed by atoms with Crippen LogP contribution in [-0.2, 0) is 0 Å². The van der Waals surface area contributed by atoms with Crippen molar-refractivity contribution in [3.05, 3.63) is 75.1 Å². The number of phenols is 1. The van der Waals surface area contributed by atoms with Gasteiger partial charge in [-0.15, -0.1) is 11.3 Å². The van der Waals surface area contributed by atoms with Crippen LogP contribution < -0.4 is 10.3 Å². The molecule has 0 aliphatic rings. The number of thiophene rings is 1. The van der Waals surface area contributed by atoms with Gasteiger partial charge >= 0.3 is 0 Å². The normalized spacial score (nSPS) is 11.8. The number of methoxy groups -OCH3 is 1. The van der Waals surface area contributed by atoms with Crippen LogP contribution in [0.1, 0.15) is 17.0 Å². The van der Waals surface area contributed by atoms with Crippen LogP contribution >= 0.6 is 22.9 Å². The van der Waals surface area contributed by atoms with Gasteiger partial charge in [0, 0.05) is 10.9 Å². The average Bonchev–Trinajstić information content (AvgIpc) is 3.13. The van der Waals surface area contributed by atoms with Gasteiger partial charge in [-0.05, 0) is 36.3 Å². The van der Waals surface area contributed by atoms with E-state index in [4.69, 9.17) is 16.3 Å². The summed E-state index contributed by atoms with van der Waals surface area (Å²) in [6.07, 6.45) is 1.62. The first-order valence-corrected chi connectivity index (χ1v) is 10.0. The minimum absolute atomic E-state index is 0.00335. The van der Waals surface area contributed by atoms with Crippen LogP contribution in [0.2, 0.25) is 0 Å². The van der Waals surface area contributed by atoms with E-state index in [1.807, 2.05) is 36.6 Å². The summed E-state index contributed by atoms with van der Waals surface area (Å²) < 4.78 is 5.04. The predicted octanol–water partition coefficient (Wildman–Crippen LogP) is 5.41. The van der Waals surface area contributed by atoms with Gasteiger partial charge in [-0.1, -0.05) is 47.5 Å². The molecule has 29 heavy (non-hydrogen) atoms. The Balaban J connectivity index is 1.75. The molecule has 0 fully saturated rings. The van der Waals surface area contributed by atoms with Crippen molar-refractivity contribution in [3.8, 4) is 22.6 Å². The summed E-state index contributed by atoms with van der Waals surface area (Å²) in [4.78, 5) is 20.7. The molecule has 2 heterocycles. The van der Waals surface area contributed by atoms with Crippen LogP contribution in [0.15, 0.2) is 52.6 Å². The highest BCUT2D eigenvalue weighted by molar-refractivity contribution is 7.17. The maximum absolute atomic E-state index is 12.8. The number of nitrogens with zero attached hydrogens (tertiary/aromatic N) is 1. The van der Waals surface area contributed by atoms with E-state index in [1.54, 1.807) is 18.2 Å². The molecule has 0 unspecified atom stereocenters. The summed E-state index contributed by atoms with van der Waals surface area (Å²) in [5.41, 5.74) is 3.39. The smallest absolute Gasteiger partial charge is 0.260 e. The Morgan fingerprint density at radius 3 is 2.69 bits per heavy atom. The fourth-order valence-electron chi connectivity index (χ4n) is 3.02. The zero-order valence-corrected chi connectivity index (χ0v) is 17.3. The third kappa shape index (κ3) is 3.77. The monoisotopic (exact) mass is 424 g/mol. The summed E-state index contributed by atoms with van der Waals surface area (Å²) >= 11 is 7.80. The number of phenolic OH excluding ortho intramolecular Hbond substituents is 1. The van der Waals surface area contributed by atoms with Gasteiger partial charge in [-0.2, -0.15) is 0 Å². The molecule has 2 N–H and O–H groups in total. The number of ether oxygens (including phenoxy) is 1. The third-order valence-electron chi connectivity index (χ3n) is 4.53. The molecule has 5 nitrogen and oxygen atoms in total. The molecule has 0 saturated carbocycles. The Hall–Kier alpha value is -3.09. The second-order valence-corrected chi connectivity index (χ2v) is 7.80. The zero-order chi connectivity index (χ0) is 20.5. The van der Waals surface area contributed by atoms with Crippen molar-refractivity contribution >= 4 is 44.3 Å². The van der Waals surface area contributed by atoms with E-state index in [-0.39, 0.29) is 22.2 Å². The lowest BCUT2D eigenvalue weighted by molar-refractivity contribution is 0.373. The Bertz CT molecular complexity index is 1290. The molecule has 0 saturated heterocycles. The van der Waals surface area contributed by atoms with Crippen LogP contribution in [0.3, 0.4) is 0 Å². The summed E-state index contributed by atoms with van der Waals surface area (Å²) in [6.45, 7) is 2.02. The minimum atomic E-state index is -0.244. The van der Waals surface area contributed by atoms with Gasteiger partial charge in [0.05, 0.1) is 17.5 Å². The summed E-state index contributed by atoms with van der Waals surface area (Å²) in [6, 6.07) is 12.9. The number of aryl methyl sites for hydroxylation is 1. The molecule has 0 radical (unpaired) electrons. The highest BCUT2D eigenvalue weighted by Gasteiger charge is 2.14. The molecular weight excluding hydrogens is 408 g/mol. The van der Waals surface area contributed by atoms with Crippen molar-refractivity contribution in [2.24, 2.45) is 0 Å². The molecule has 2 aromatic carbocycles. The fraction of sp³-hybridized carbons (Fsp3) is 0.0909. The lowest BCUT2D eigenvalue weighted by atomic mass is 10.1. The maximum Gasteiger partial charge on any atom is 0.260 e. The minimum Gasteiger partial charge on any atom is -0.504 e. The molecule has 0 atom stereocenters. The summed E-state index contributed by atoms with van der Waals surface area (Å²) in [7, 11) is 1.48. The summed E-state index contributed by atoms with van der Waals surface area (Å²) in [5.74, 6) is 0.647. The lowest BCUT2D eigenvalue weighted by Gasteiger charge is -2.05. The molecule has 4 rings (SSSR count). The molecule has 0 amide bonds. The van der Waals surface area contributed by atoms with E-state index >= 15 is 0 Å². The quantitative estimate of drug-likeness (QED) is 0.459. The van der Waals surface area contributed by atoms with Gasteiger partial charge in [0.2, 0.25) is 0 Å². The van der Waals surface area contributed by atoms with Crippen LogP contribution in [0, 0.1) is 6.92 Å². The van der Waals surface area contributed by atoms with Crippen molar-refractivity contribution in [2.75, 3.05) is 7.11 Å². The molecule has 0 bridgehead atoms. The first-order valence-electron chi connectivity index (χ1n) is 8.79. The van der Waals surface area contributed by atoms with E-state index < -0.39 is 0 Å². The van der Waals surface area contributed by atoms with Gasteiger partial charge < -0.3 is 14.8 Å². The Kier molecular flexibility index (Phi) is 5.13. The number of nitrogens with one attached hydrogen (secondary N) is 1. The number of halogens is 1. The van der Waals surface area contributed by atoms with E-state index in [9.17, 15) is 9.90 Å². The van der Waals surface area contributed by atoms with Crippen molar-refractivity contribution in [3.63, 3.8) is 0 Å². The average molecular weight is 425 g/mol. The van der Waals surface area contributed by atoms with Gasteiger partial charge in [0.25, 0.3) is 5.56 Å². The number of fused-ring (bicyclic) bond motifs is 1. The number of aromatic nitrogens is 2. The highest BCUT2D eigenvalue weighted by atomic mass is 35.5. The number of hydrogen-bond acceptors (Lipinski definition) is 5. The Morgan fingerprint density at radius 1 is 1.24 bits per heavy atom. The first kappa shape index (κ1) is 19.2. The fourth-order valence-corrected chi connectivity index (χ4v) is 4.18. The van der Waals surface area contributed by atoms with Gasteiger partial charge in [0.1, 0.15) is 4.83 Å². The SMILES string of the molecule is COc1ccc(/C=C(\Cl)c2nc3scc(-c4ccc(C)cc4)c3c(=O)[nH]2)cc1O. The van der Waals surface area contributed by atoms with Crippen LogP contribution in [0.5, 0.6) is 11.5 Å².